The lowest BCUT2D eigenvalue weighted by Crippen LogP contribution is -1.71. The van der Waals surface area contributed by atoms with Gasteiger partial charge in [-0.2, -0.15) is 9.21 Å². The van der Waals surface area contributed by atoms with Gasteiger partial charge in [-0.25, -0.2) is 0 Å². The molecule has 0 amide bonds. The van der Waals surface area contributed by atoms with E-state index in [4.69, 9.17) is 0 Å². The van der Waals surface area contributed by atoms with Gasteiger partial charge < -0.3 is 0 Å². The lowest BCUT2D eigenvalue weighted by molar-refractivity contribution is 1.47. The third-order valence-electron chi connectivity index (χ3n) is 1.74. The highest BCUT2D eigenvalue weighted by atomic mass is 32.2. The van der Waals surface area contributed by atoms with E-state index >= 15 is 0 Å². The van der Waals surface area contributed by atoms with Gasteiger partial charge in [0.2, 0.25) is 0 Å². The smallest absolute Gasteiger partial charge is 0.0231 e. The van der Waals surface area contributed by atoms with E-state index < -0.39 is 9.21 Å². The van der Waals surface area contributed by atoms with Crippen LogP contribution < -0.4 is 0 Å². The predicted molar refractivity (Wildman–Crippen MR) is 60.7 cm³/mol. The molecule has 0 bridgehead atoms. The van der Waals surface area contributed by atoms with E-state index in [0.29, 0.717) is 0 Å². The average molecular weight is 170 g/mol. The molecule has 0 spiro atoms. The summed E-state index contributed by atoms with van der Waals surface area (Å²) in [6, 6.07) is 0. The van der Waals surface area contributed by atoms with Crippen molar-refractivity contribution < 1.29 is 0 Å². The molecule has 1 aliphatic heterocycles. The average Bonchev–Trinajstić information content (AvgIpc) is 2.21. The molecule has 64 valence electrons. The predicted octanol–water partition coefficient (Wildman–Crippen LogP) is 3.50. The van der Waals surface area contributed by atoms with Crippen molar-refractivity contribution in [3.8, 4) is 0 Å². The Kier molecular flexibility index (Phi) is 3.67. The van der Waals surface area contributed by atoms with E-state index in [1.165, 1.54) is 10.5 Å². The molecule has 1 heterocycles. The number of rotatable bonds is 0. The lowest BCUT2D eigenvalue weighted by atomic mass is 10.3. The van der Waals surface area contributed by atoms with Crippen LogP contribution >= 0.6 is 9.21 Å². The maximum absolute atomic E-state index is 4.03. The van der Waals surface area contributed by atoms with E-state index in [9.17, 15) is 0 Å². The van der Waals surface area contributed by atoms with Gasteiger partial charge in [0.1, 0.15) is 0 Å². The van der Waals surface area contributed by atoms with Crippen LogP contribution in [0.2, 0.25) is 0 Å². The Bertz CT molecular complexity index is 274. The molecule has 0 saturated carbocycles. The molecule has 0 unspecified atom stereocenters. The zero-order chi connectivity index (χ0) is 9.07. The molecule has 0 radical (unpaired) electrons. The van der Waals surface area contributed by atoms with Crippen molar-refractivity contribution in [2.45, 2.75) is 27.7 Å². The summed E-state index contributed by atoms with van der Waals surface area (Å²) in [6.45, 7) is 8.22. The highest BCUT2D eigenvalue weighted by molar-refractivity contribution is 8.33. The summed E-state index contributed by atoms with van der Waals surface area (Å²) < 4.78 is 0. The van der Waals surface area contributed by atoms with Gasteiger partial charge in [-0.1, -0.05) is 31.7 Å². The molecule has 0 aliphatic carbocycles. The maximum Gasteiger partial charge on any atom is -0.0231 e. The number of hydrogen-bond donors (Lipinski definition) is 0. The Balaban J connectivity index is 0.000000461. The normalized spacial score (nSPS) is 19.6. The fraction of sp³-hybridized carbons (Fsp3) is 0.400. The van der Waals surface area contributed by atoms with Crippen LogP contribution in [-0.4, -0.2) is 11.7 Å². The quantitative estimate of drug-likeness (QED) is 0.488. The fourth-order valence-corrected chi connectivity index (χ4v) is 2.15. The summed E-state index contributed by atoms with van der Waals surface area (Å²) in [5.74, 6) is 8.06. The van der Waals surface area contributed by atoms with Crippen molar-refractivity contribution in [1.29, 1.82) is 0 Å². The minimum Gasteiger partial charge on any atom is -0.171 e. The minimum absolute atomic E-state index is 0.975. The highest BCUT2D eigenvalue weighted by Gasteiger charge is 2.04. The molecule has 0 nitrogen and oxygen atoms in total. The first-order chi connectivity index (χ1) is 5.04. The first-order valence-corrected chi connectivity index (χ1v) is 5.92. The first kappa shape index (κ1) is 10.6. The second-order valence-electron chi connectivity index (χ2n) is 2.49. The van der Waals surface area contributed by atoms with E-state index in [-0.39, 0.29) is 0 Å². The maximum atomic E-state index is 4.03. The molecule has 11 heavy (non-hydrogen) atoms. The third-order valence-corrected chi connectivity index (χ3v) is 3.94. The van der Waals surface area contributed by atoms with E-state index in [1.54, 1.807) is 0 Å². The Morgan fingerprint density at radius 1 is 1.18 bits per heavy atom. The van der Waals surface area contributed by atoms with E-state index in [0.717, 1.165) is 0 Å². The third kappa shape index (κ3) is 2.26. The van der Waals surface area contributed by atoms with Crippen molar-refractivity contribution in [3.05, 3.63) is 22.0 Å². The molecule has 1 aliphatic rings. The Hall–Kier alpha value is -0.430. The summed E-state index contributed by atoms with van der Waals surface area (Å²) in [5.41, 5.74) is 1.34. The Morgan fingerprint density at radius 2 is 1.64 bits per heavy atom. The van der Waals surface area contributed by atoms with Crippen LogP contribution in [0.1, 0.15) is 27.7 Å². The van der Waals surface area contributed by atoms with Crippen LogP contribution in [0.5, 0.6) is 0 Å². The SMILES string of the molecule is C=S1(=C)C=CC(C)=C1C.CC. The van der Waals surface area contributed by atoms with Crippen molar-refractivity contribution in [2.75, 3.05) is 0 Å². The van der Waals surface area contributed by atoms with Crippen molar-refractivity contribution in [2.24, 2.45) is 0 Å². The molecule has 0 saturated heterocycles. The highest BCUT2D eigenvalue weighted by Crippen LogP contribution is 2.39. The number of allylic oxidation sites excluding steroid dienone is 3. The van der Waals surface area contributed by atoms with Crippen molar-refractivity contribution in [1.82, 2.24) is 0 Å². The molecule has 0 N–H and O–H groups in total. The zero-order valence-electron chi connectivity index (χ0n) is 7.98. The summed E-state index contributed by atoms with van der Waals surface area (Å²) in [7, 11) is -0.975. The molecule has 1 heteroatoms. The van der Waals surface area contributed by atoms with E-state index in [1.807, 2.05) is 13.8 Å². The molecular weight excluding hydrogens is 152 g/mol. The summed E-state index contributed by atoms with van der Waals surface area (Å²) in [6.07, 6.45) is 2.12. The fourth-order valence-electron chi connectivity index (χ4n) is 0.772. The Morgan fingerprint density at radius 3 is 1.73 bits per heavy atom. The van der Waals surface area contributed by atoms with Crippen LogP contribution in [0.25, 0.3) is 0 Å². The standard InChI is InChI=1S/C8H12S.C2H6/c1-7-5-6-9(3,4)8(7)2;1-2/h5-6H,3-4H2,1-2H3;1-2H3. The van der Waals surface area contributed by atoms with Gasteiger partial charge >= 0.3 is 0 Å². The van der Waals surface area contributed by atoms with Gasteiger partial charge in [0, 0.05) is 0 Å². The van der Waals surface area contributed by atoms with Crippen LogP contribution in [-0.2, 0) is 0 Å². The van der Waals surface area contributed by atoms with Gasteiger partial charge in [0.25, 0.3) is 0 Å². The largest absolute Gasteiger partial charge is 0.171 e. The van der Waals surface area contributed by atoms with Gasteiger partial charge in [-0.15, -0.1) is 0 Å². The van der Waals surface area contributed by atoms with Crippen LogP contribution in [0, 0.1) is 0 Å². The van der Waals surface area contributed by atoms with Crippen LogP contribution in [0.15, 0.2) is 22.0 Å². The summed E-state index contributed by atoms with van der Waals surface area (Å²) >= 11 is 0. The zero-order valence-corrected chi connectivity index (χ0v) is 8.79. The molecular formula is C10H18S. The molecule has 0 aromatic rings. The molecule has 0 fully saturated rings. The first-order valence-electron chi connectivity index (χ1n) is 3.89. The van der Waals surface area contributed by atoms with Crippen LogP contribution in [0.4, 0.5) is 0 Å². The second-order valence-corrected chi connectivity index (χ2v) is 5.26. The van der Waals surface area contributed by atoms with Crippen LogP contribution in [0.3, 0.4) is 0 Å². The van der Waals surface area contributed by atoms with Gasteiger partial charge in [-0.3, -0.25) is 0 Å². The number of hydrogen-bond acceptors (Lipinski definition) is 0. The summed E-state index contributed by atoms with van der Waals surface area (Å²) in [4.78, 5) is 1.36. The minimum atomic E-state index is -0.975. The van der Waals surface area contributed by atoms with Gasteiger partial charge in [-0.05, 0) is 29.7 Å². The molecule has 0 atom stereocenters. The van der Waals surface area contributed by atoms with Gasteiger partial charge in [0.15, 0.2) is 0 Å². The van der Waals surface area contributed by atoms with Gasteiger partial charge in [0.05, 0.1) is 0 Å². The Labute approximate surface area is 71.1 Å². The van der Waals surface area contributed by atoms with E-state index in [2.05, 4.69) is 37.1 Å². The summed E-state index contributed by atoms with van der Waals surface area (Å²) in [5, 5.41) is 2.12. The topological polar surface area (TPSA) is 0 Å². The second kappa shape index (κ2) is 3.82. The van der Waals surface area contributed by atoms with Crippen molar-refractivity contribution in [3.63, 3.8) is 0 Å². The monoisotopic (exact) mass is 170 g/mol. The molecule has 0 aromatic heterocycles. The molecule has 1 rings (SSSR count). The van der Waals surface area contributed by atoms with Crippen molar-refractivity contribution >= 4 is 20.9 Å². The molecule has 0 aromatic carbocycles. The lowest BCUT2D eigenvalue weighted by Gasteiger charge is -2.03.